The van der Waals surface area contributed by atoms with Gasteiger partial charge in [-0.25, -0.2) is 4.39 Å². The van der Waals surface area contributed by atoms with Gasteiger partial charge in [-0.3, -0.25) is 19.2 Å². The van der Waals surface area contributed by atoms with Crippen LogP contribution < -0.4 is 15.5 Å². The highest BCUT2D eigenvalue weighted by atomic mass is 19.1. The second kappa shape index (κ2) is 9.17. The van der Waals surface area contributed by atoms with Crippen LogP contribution in [0.2, 0.25) is 0 Å². The van der Waals surface area contributed by atoms with Gasteiger partial charge in [0.2, 0.25) is 5.91 Å². The van der Waals surface area contributed by atoms with Crippen molar-refractivity contribution in [2.75, 3.05) is 30.4 Å². The Balaban J connectivity index is 1.51. The number of hydrogen-bond acceptors (Lipinski definition) is 5. The van der Waals surface area contributed by atoms with E-state index < -0.39 is 30.2 Å². The number of rotatable bonds is 6. The molecule has 1 aliphatic heterocycles. The van der Waals surface area contributed by atoms with Crippen LogP contribution in [-0.2, 0) is 19.1 Å². The maximum Gasteiger partial charge on any atom is 0.311 e. The summed E-state index contributed by atoms with van der Waals surface area (Å²) in [4.78, 5) is 49.1. The van der Waals surface area contributed by atoms with Crippen LogP contribution in [0.1, 0.15) is 16.8 Å². The summed E-state index contributed by atoms with van der Waals surface area (Å²) < 4.78 is 18.9. The zero-order valence-electron chi connectivity index (χ0n) is 16.2. The number of carbonyl (C=O) groups is 4. The van der Waals surface area contributed by atoms with Crippen LogP contribution in [0.4, 0.5) is 15.8 Å². The molecule has 0 aliphatic carbocycles. The summed E-state index contributed by atoms with van der Waals surface area (Å²) in [5, 5.41) is 5.04. The van der Waals surface area contributed by atoms with Crippen molar-refractivity contribution in [1.29, 1.82) is 0 Å². The van der Waals surface area contributed by atoms with E-state index in [9.17, 15) is 23.6 Å². The molecule has 3 amide bonds. The molecule has 2 aromatic carbocycles. The predicted octanol–water partition coefficient (Wildman–Crippen LogP) is 1.72. The molecule has 2 aromatic rings. The molecule has 1 saturated heterocycles. The molecule has 1 aliphatic rings. The van der Waals surface area contributed by atoms with Crippen LogP contribution >= 0.6 is 0 Å². The Morgan fingerprint density at radius 3 is 2.50 bits per heavy atom. The van der Waals surface area contributed by atoms with Crippen LogP contribution in [0, 0.1) is 11.7 Å². The number of carbonyl (C=O) groups excluding carboxylic acids is 4. The normalized spacial score (nSPS) is 15.6. The number of nitrogens with zero attached hydrogens (tertiary/aromatic N) is 1. The molecule has 0 unspecified atom stereocenters. The Morgan fingerprint density at radius 2 is 1.83 bits per heavy atom. The zero-order valence-corrected chi connectivity index (χ0v) is 16.2. The number of anilines is 2. The topological polar surface area (TPSA) is 105 Å². The van der Waals surface area contributed by atoms with Crippen LogP contribution in [-0.4, -0.2) is 43.9 Å². The maximum absolute atomic E-state index is 13.9. The van der Waals surface area contributed by atoms with Gasteiger partial charge in [-0.05, 0) is 36.4 Å². The monoisotopic (exact) mass is 413 g/mol. The van der Waals surface area contributed by atoms with E-state index in [-0.39, 0.29) is 30.5 Å². The lowest BCUT2D eigenvalue weighted by atomic mass is 10.1. The van der Waals surface area contributed by atoms with Crippen molar-refractivity contribution in [3.8, 4) is 0 Å². The van der Waals surface area contributed by atoms with E-state index >= 15 is 0 Å². The summed E-state index contributed by atoms with van der Waals surface area (Å²) in [6.45, 7) is -0.540. The second-order valence-corrected chi connectivity index (χ2v) is 6.67. The van der Waals surface area contributed by atoms with Gasteiger partial charge in [0.15, 0.2) is 6.61 Å². The van der Waals surface area contributed by atoms with Crippen molar-refractivity contribution >= 4 is 35.1 Å². The number of hydrogen-bond donors (Lipinski definition) is 2. The van der Waals surface area contributed by atoms with Crippen LogP contribution in [0.25, 0.3) is 0 Å². The van der Waals surface area contributed by atoms with Crippen molar-refractivity contribution in [1.82, 2.24) is 5.32 Å². The van der Waals surface area contributed by atoms with Gasteiger partial charge >= 0.3 is 5.97 Å². The largest absolute Gasteiger partial charge is 0.455 e. The van der Waals surface area contributed by atoms with Gasteiger partial charge in [0.25, 0.3) is 11.8 Å². The van der Waals surface area contributed by atoms with Gasteiger partial charge in [-0.1, -0.05) is 12.1 Å². The number of amides is 3. The Bertz CT molecular complexity index is 977. The molecule has 156 valence electrons. The lowest BCUT2D eigenvalue weighted by Crippen LogP contribution is -2.28. The molecule has 0 saturated carbocycles. The maximum atomic E-state index is 13.9. The third-order valence-corrected chi connectivity index (χ3v) is 4.61. The van der Waals surface area contributed by atoms with Gasteiger partial charge in [0, 0.05) is 31.3 Å². The van der Waals surface area contributed by atoms with Gasteiger partial charge < -0.3 is 20.3 Å². The minimum atomic E-state index is -0.781. The first-order valence-corrected chi connectivity index (χ1v) is 9.22. The first-order valence-electron chi connectivity index (χ1n) is 9.22. The minimum absolute atomic E-state index is 0.0127. The molecule has 2 N–H and O–H groups in total. The number of nitrogens with one attached hydrogen (secondary N) is 2. The van der Waals surface area contributed by atoms with E-state index in [0.717, 1.165) is 0 Å². The van der Waals surface area contributed by atoms with E-state index in [0.29, 0.717) is 11.3 Å². The molecule has 1 atom stereocenters. The average Bonchev–Trinajstić information content (AvgIpc) is 3.14. The molecule has 3 rings (SSSR count). The van der Waals surface area contributed by atoms with Gasteiger partial charge in [-0.2, -0.15) is 0 Å². The van der Waals surface area contributed by atoms with Gasteiger partial charge in [-0.15, -0.1) is 0 Å². The minimum Gasteiger partial charge on any atom is -0.455 e. The smallest absolute Gasteiger partial charge is 0.311 e. The van der Waals surface area contributed by atoms with E-state index in [1.165, 1.54) is 30.1 Å². The highest BCUT2D eigenvalue weighted by Gasteiger charge is 2.37. The standard InChI is InChI=1S/C21H20FN3O5/c1-23-20(28)13-6-8-15(9-7-13)24-18(26)12-30-21(29)14-10-19(27)25(11-14)17-5-3-2-4-16(17)22/h2-9,14H,10-12H2,1H3,(H,23,28)(H,24,26)/t14-/m1/s1. The lowest BCUT2D eigenvalue weighted by molar-refractivity contribution is -0.151. The van der Waals surface area contributed by atoms with Crippen molar-refractivity contribution < 1.29 is 28.3 Å². The summed E-state index contributed by atoms with van der Waals surface area (Å²) in [5.74, 6) is -3.24. The van der Waals surface area contributed by atoms with Crippen molar-refractivity contribution in [3.05, 3.63) is 59.9 Å². The molecular formula is C21H20FN3O5. The molecular weight excluding hydrogens is 393 g/mol. The van der Waals surface area contributed by atoms with Crippen molar-refractivity contribution in [3.63, 3.8) is 0 Å². The first-order chi connectivity index (χ1) is 14.4. The fourth-order valence-corrected chi connectivity index (χ4v) is 3.07. The van der Waals surface area contributed by atoms with E-state index in [1.807, 2.05) is 0 Å². The molecule has 0 bridgehead atoms. The van der Waals surface area contributed by atoms with Crippen LogP contribution in [0.3, 0.4) is 0 Å². The number of halogens is 1. The van der Waals surface area contributed by atoms with Crippen molar-refractivity contribution in [2.24, 2.45) is 5.92 Å². The van der Waals surface area contributed by atoms with E-state index in [4.69, 9.17) is 4.74 Å². The van der Waals surface area contributed by atoms with Crippen LogP contribution in [0.5, 0.6) is 0 Å². The van der Waals surface area contributed by atoms with Gasteiger partial charge in [0.1, 0.15) is 5.82 Å². The molecule has 8 nitrogen and oxygen atoms in total. The van der Waals surface area contributed by atoms with E-state index in [1.54, 1.807) is 30.3 Å². The van der Waals surface area contributed by atoms with Crippen LogP contribution in [0.15, 0.2) is 48.5 Å². The Morgan fingerprint density at radius 1 is 1.13 bits per heavy atom. The Labute approximate surface area is 172 Å². The highest BCUT2D eigenvalue weighted by Crippen LogP contribution is 2.27. The first kappa shape index (κ1) is 21.0. The number of benzene rings is 2. The average molecular weight is 413 g/mol. The summed E-state index contributed by atoms with van der Waals surface area (Å²) in [6.07, 6.45) is -0.115. The van der Waals surface area contributed by atoms with E-state index in [2.05, 4.69) is 10.6 Å². The summed E-state index contributed by atoms with van der Waals surface area (Å²) in [5.41, 5.74) is 0.980. The number of para-hydroxylation sites is 1. The molecule has 30 heavy (non-hydrogen) atoms. The number of esters is 1. The highest BCUT2D eigenvalue weighted by molar-refractivity contribution is 6.00. The Kier molecular flexibility index (Phi) is 6.41. The molecule has 0 spiro atoms. The number of ether oxygens (including phenoxy) is 1. The third-order valence-electron chi connectivity index (χ3n) is 4.61. The molecule has 9 heteroatoms. The Hall–Kier alpha value is -3.75. The quantitative estimate of drug-likeness (QED) is 0.702. The second-order valence-electron chi connectivity index (χ2n) is 6.67. The fraction of sp³-hybridized carbons (Fsp3) is 0.238. The molecule has 0 radical (unpaired) electrons. The molecule has 1 fully saturated rings. The summed E-state index contributed by atoms with van der Waals surface area (Å²) in [6, 6.07) is 12.0. The van der Waals surface area contributed by atoms with Crippen molar-refractivity contribution in [2.45, 2.75) is 6.42 Å². The summed E-state index contributed by atoms with van der Waals surface area (Å²) in [7, 11) is 1.51. The third kappa shape index (κ3) is 4.80. The zero-order chi connectivity index (χ0) is 21.7. The molecule has 0 aromatic heterocycles. The fourth-order valence-electron chi connectivity index (χ4n) is 3.07. The van der Waals surface area contributed by atoms with Gasteiger partial charge in [0.05, 0.1) is 11.6 Å². The molecule has 1 heterocycles. The SMILES string of the molecule is CNC(=O)c1ccc(NC(=O)COC(=O)[C@@H]2CC(=O)N(c3ccccc3F)C2)cc1. The lowest BCUT2D eigenvalue weighted by Gasteiger charge is -2.17. The summed E-state index contributed by atoms with van der Waals surface area (Å²) >= 11 is 0. The predicted molar refractivity (Wildman–Crippen MR) is 106 cm³/mol.